The molecule has 0 aliphatic heterocycles. The summed E-state index contributed by atoms with van der Waals surface area (Å²) in [4.78, 5) is 28.7. The number of hydrogen-bond donors (Lipinski definition) is 1. The number of nitrogens with one attached hydrogen (secondary N) is 1. The van der Waals surface area contributed by atoms with Gasteiger partial charge in [-0.15, -0.1) is 0 Å². The Morgan fingerprint density at radius 3 is 2.52 bits per heavy atom. The second-order valence-corrected chi connectivity index (χ2v) is 6.26. The Hall–Kier alpha value is -2.41. The second kappa shape index (κ2) is 5.66. The highest BCUT2D eigenvalue weighted by atomic mass is 79.9. The van der Waals surface area contributed by atoms with E-state index in [-0.39, 0.29) is 5.56 Å². The number of hydrogen-bond acceptors (Lipinski definition) is 4. The van der Waals surface area contributed by atoms with E-state index in [1.165, 1.54) is 11.6 Å². The minimum Gasteiger partial charge on any atom is -0.354 e. The van der Waals surface area contributed by atoms with Gasteiger partial charge < -0.3 is 5.32 Å². The molecule has 0 aliphatic carbocycles. The Bertz CT molecular complexity index is 1040. The first-order valence-electron chi connectivity index (χ1n) is 6.98. The van der Waals surface area contributed by atoms with Crippen LogP contribution in [0.25, 0.3) is 11.0 Å². The van der Waals surface area contributed by atoms with Gasteiger partial charge in [-0.3, -0.25) is 13.9 Å². The first-order valence-corrected chi connectivity index (χ1v) is 7.77. The lowest BCUT2D eigenvalue weighted by molar-refractivity contribution is 0.708. The van der Waals surface area contributed by atoms with Crippen LogP contribution in [0.15, 0.2) is 44.5 Å². The van der Waals surface area contributed by atoms with Crippen molar-refractivity contribution in [1.82, 2.24) is 14.1 Å². The van der Waals surface area contributed by atoms with Crippen molar-refractivity contribution in [1.29, 1.82) is 0 Å². The first kappa shape index (κ1) is 15.5. The Morgan fingerprint density at radius 2 is 1.83 bits per heavy atom. The van der Waals surface area contributed by atoms with Crippen LogP contribution in [0, 0.1) is 6.92 Å². The molecule has 0 unspecified atom stereocenters. The van der Waals surface area contributed by atoms with E-state index in [0.29, 0.717) is 16.7 Å². The van der Waals surface area contributed by atoms with E-state index >= 15 is 0 Å². The van der Waals surface area contributed by atoms with Crippen LogP contribution in [-0.2, 0) is 14.1 Å². The fourth-order valence-corrected chi connectivity index (χ4v) is 2.98. The van der Waals surface area contributed by atoms with Crippen LogP contribution < -0.4 is 16.6 Å². The molecular weight excluding hydrogens is 360 g/mol. The number of anilines is 2. The molecule has 2 heterocycles. The summed E-state index contributed by atoms with van der Waals surface area (Å²) in [5, 5.41) is 3.66. The van der Waals surface area contributed by atoms with Gasteiger partial charge in [-0.25, -0.2) is 9.78 Å². The molecule has 23 heavy (non-hydrogen) atoms. The van der Waals surface area contributed by atoms with Crippen molar-refractivity contribution in [2.24, 2.45) is 14.1 Å². The van der Waals surface area contributed by atoms with Crippen molar-refractivity contribution in [3.63, 3.8) is 0 Å². The maximum absolute atomic E-state index is 12.5. The number of pyridine rings is 1. The maximum Gasteiger partial charge on any atom is 0.332 e. The zero-order valence-electron chi connectivity index (χ0n) is 12.9. The monoisotopic (exact) mass is 374 g/mol. The molecule has 0 spiro atoms. The average molecular weight is 375 g/mol. The van der Waals surface area contributed by atoms with Gasteiger partial charge in [0.2, 0.25) is 0 Å². The smallest absolute Gasteiger partial charge is 0.332 e. The van der Waals surface area contributed by atoms with Crippen molar-refractivity contribution in [3.05, 3.63) is 61.3 Å². The summed E-state index contributed by atoms with van der Waals surface area (Å²) >= 11 is 3.43. The van der Waals surface area contributed by atoms with Gasteiger partial charge in [0.05, 0.1) is 5.69 Å². The van der Waals surface area contributed by atoms with Crippen molar-refractivity contribution >= 4 is 38.3 Å². The summed E-state index contributed by atoms with van der Waals surface area (Å²) in [5.41, 5.74) is 2.14. The van der Waals surface area contributed by atoms with Crippen LogP contribution in [0.5, 0.6) is 0 Å². The highest BCUT2D eigenvalue weighted by molar-refractivity contribution is 9.10. The molecule has 1 aromatic carbocycles. The number of benzene rings is 1. The predicted octanol–water partition coefficient (Wildman–Crippen LogP) is 2.45. The van der Waals surface area contributed by atoms with Gasteiger partial charge in [0.15, 0.2) is 5.65 Å². The molecule has 0 radical (unpaired) electrons. The van der Waals surface area contributed by atoms with Crippen molar-refractivity contribution < 1.29 is 0 Å². The summed E-state index contributed by atoms with van der Waals surface area (Å²) in [7, 11) is 3.07. The second-order valence-electron chi connectivity index (χ2n) is 5.35. The van der Waals surface area contributed by atoms with Crippen LogP contribution in [0.3, 0.4) is 0 Å². The number of aromatic nitrogens is 3. The van der Waals surface area contributed by atoms with E-state index < -0.39 is 5.69 Å². The summed E-state index contributed by atoms with van der Waals surface area (Å²) in [5.74, 6) is 0. The van der Waals surface area contributed by atoms with Gasteiger partial charge in [-0.1, -0.05) is 15.9 Å². The first-order chi connectivity index (χ1) is 10.9. The van der Waals surface area contributed by atoms with Gasteiger partial charge >= 0.3 is 5.69 Å². The molecule has 0 amide bonds. The Kier molecular flexibility index (Phi) is 3.81. The van der Waals surface area contributed by atoms with E-state index in [2.05, 4.69) is 26.2 Å². The van der Waals surface area contributed by atoms with Crippen LogP contribution in [0.1, 0.15) is 5.56 Å². The normalized spacial score (nSPS) is 11.0. The zero-order chi connectivity index (χ0) is 16.7. The lowest BCUT2D eigenvalue weighted by Crippen LogP contribution is -2.37. The van der Waals surface area contributed by atoms with Gasteiger partial charge in [0, 0.05) is 30.5 Å². The minimum atomic E-state index is -0.396. The molecule has 7 heteroatoms. The number of rotatable bonds is 2. The molecule has 6 nitrogen and oxygen atoms in total. The van der Waals surface area contributed by atoms with Gasteiger partial charge in [0.1, 0.15) is 5.39 Å². The largest absolute Gasteiger partial charge is 0.354 e. The third-order valence-corrected chi connectivity index (χ3v) is 4.29. The number of nitrogens with zero attached hydrogens (tertiary/aromatic N) is 3. The third kappa shape index (κ3) is 2.57. The molecule has 0 aliphatic rings. The number of aryl methyl sites for hydroxylation is 2. The molecule has 1 N–H and O–H groups in total. The molecular formula is C16H15BrN4O2. The highest BCUT2D eigenvalue weighted by Gasteiger charge is 2.14. The molecule has 0 fully saturated rings. The van der Waals surface area contributed by atoms with E-state index in [1.807, 2.05) is 25.1 Å². The molecule has 2 aromatic heterocycles. The van der Waals surface area contributed by atoms with Gasteiger partial charge in [-0.05, 0) is 36.8 Å². The molecule has 0 atom stereocenters. The lowest BCUT2D eigenvalue weighted by Gasteiger charge is -2.13. The SMILES string of the molecule is Cc1cc(Br)ccc1Nc1ccnc2c1c(=O)n(C)c(=O)n2C. The maximum atomic E-state index is 12.5. The van der Waals surface area contributed by atoms with E-state index in [9.17, 15) is 9.59 Å². The Labute approximate surface area is 140 Å². The molecule has 3 rings (SSSR count). The molecule has 0 saturated heterocycles. The average Bonchev–Trinajstić information content (AvgIpc) is 2.53. The standard InChI is InChI=1S/C16H15BrN4O2/c1-9-8-10(17)4-5-11(9)19-12-6-7-18-14-13(12)15(22)21(3)16(23)20(14)2/h4-8H,1-3H3,(H,18,19). The number of halogens is 1. The van der Waals surface area contributed by atoms with Gasteiger partial charge in [-0.2, -0.15) is 0 Å². The molecule has 0 bridgehead atoms. The topological polar surface area (TPSA) is 68.9 Å². The van der Waals surface area contributed by atoms with Crippen LogP contribution >= 0.6 is 15.9 Å². The Balaban J connectivity index is 2.27. The van der Waals surface area contributed by atoms with Crippen molar-refractivity contribution in [2.45, 2.75) is 6.92 Å². The van der Waals surface area contributed by atoms with E-state index in [4.69, 9.17) is 0 Å². The fourth-order valence-electron chi connectivity index (χ4n) is 2.50. The molecule has 118 valence electrons. The van der Waals surface area contributed by atoms with E-state index in [1.54, 1.807) is 19.3 Å². The quantitative estimate of drug-likeness (QED) is 0.747. The summed E-state index contributed by atoms with van der Waals surface area (Å²) in [6.45, 7) is 1.98. The minimum absolute atomic E-state index is 0.359. The van der Waals surface area contributed by atoms with Crippen LogP contribution in [-0.4, -0.2) is 14.1 Å². The predicted molar refractivity (Wildman–Crippen MR) is 94.4 cm³/mol. The van der Waals surface area contributed by atoms with Crippen molar-refractivity contribution in [2.75, 3.05) is 5.32 Å². The molecule has 0 saturated carbocycles. The van der Waals surface area contributed by atoms with Crippen LogP contribution in [0.4, 0.5) is 11.4 Å². The van der Waals surface area contributed by atoms with Gasteiger partial charge in [0.25, 0.3) is 5.56 Å². The molecule has 3 aromatic rings. The van der Waals surface area contributed by atoms with E-state index in [0.717, 1.165) is 20.3 Å². The summed E-state index contributed by atoms with van der Waals surface area (Å²) < 4.78 is 3.44. The van der Waals surface area contributed by atoms with Crippen molar-refractivity contribution in [3.8, 4) is 0 Å². The number of fused-ring (bicyclic) bond motifs is 1. The lowest BCUT2D eigenvalue weighted by atomic mass is 10.2. The fraction of sp³-hybridized carbons (Fsp3) is 0.188. The highest BCUT2D eigenvalue weighted by Crippen LogP contribution is 2.26. The van der Waals surface area contributed by atoms with Crippen LogP contribution in [0.2, 0.25) is 0 Å². The summed E-state index contributed by atoms with van der Waals surface area (Å²) in [6, 6.07) is 7.57. The zero-order valence-corrected chi connectivity index (χ0v) is 14.5. The third-order valence-electron chi connectivity index (χ3n) is 3.80. The Morgan fingerprint density at radius 1 is 1.09 bits per heavy atom. The summed E-state index contributed by atoms with van der Waals surface area (Å²) in [6.07, 6.45) is 1.58.